The summed E-state index contributed by atoms with van der Waals surface area (Å²) in [6, 6.07) is 17.7. The number of hydrogen-bond donors (Lipinski definition) is 2. The molecular weight excluding hydrogens is 614 g/mol. The number of rotatable bonds is 9. The Morgan fingerprint density at radius 2 is 1.73 bits per heavy atom. The van der Waals surface area contributed by atoms with Crippen LogP contribution in [-0.2, 0) is 14.2 Å². The largest absolute Gasteiger partial charge is 0.449 e. The van der Waals surface area contributed by atoms with E-state index >= 15 is 0 Å². The van der Waals surface area contributed by atoms with E-state index in [-0.39, 0.29) is 56.9 Å². The molecule has 0 radical (unpaired) electrons. The molecule has 1 saturated carbocycles. The van der Waals surface area contributed by atoms with Crippen molar-refractivity contribution in [3.63, 3.8) is 0 Å². The zero-order chi connectivity index (χ0) is 34.3. The summed E-state index contributed by atoms with van der Waals surface area (Å²) in [6.45, 7) is 6.30. The van der Waals surface area contributed by atoms with Gasteiger partial charge in [0.25, 0.3) is 5.91 Å². The number of benzene rings is 2. The molecule has 1 aliphatic carbocycles. The van der Waals surface area contributed by atoms with Gasteiger partial charge in [-0.25, -0.2) is 14.6 Å². The Balaban J connectivity index is 1.42. The van der Waals surface area contributed by atoms with Gasteiger partial charge in [-0.05, 0) is 45.7 Å². The van der Waals surface area contributed by atoms with Crippen molar-refractivity contribution >= 4 is 23.8 Å². The Kier molecular flexibility index (Phi) is 11.1. The average molecular weight is 662 g/mol. The Labute approximate surface area is 282 Å². The molecule has 258 valence electrons. The predicted molar refractivity (Wildman–Crippen MR) is 181 cm³/mol. The topological polar surface area (TPSA) is 135 Å². The van der Waals surface area contributed by atoms with E-state index in [0.717, 1.165) is 18.4 Å². The molecule has 0 spiro atoms. The fourth-order valence-corrected chi connectivity index (χ4v) is 6.62. The summed E-state index contributed by atoms with van der Waals surface area (Å²) in [5, 5.41) is 14.4. The van der Waals surface area contributed by atoms with Crippen LogP contribution in [0, 0.1) is 0 Å². The zero-order valence-corrected chi connectivity index (χ0v) is 28.3. The van der Waals surface area contributed by atoms with Gasteiger partial charge in [0.15, 0.2) is 5.69 Å². The molecule has 0 unspecified atom stereocenters. The highest BCUT2D eigenvalue weighted by molar-refractivity contribution is 5.98. The van der Waals surface area contributed by atoms with Crippen LogP contribution in [0.5, 0.6) is 0 Å². The van der Waals surface area contributed by atoms with Crippen LogP contribution < -0.4 is 5.32 Å². The minimum Gasteiger partial charge on any atom is -0.449 e. The number of anilines is 1. The van der Waals surface area contributed by atoms with Gasteiger partial charge in [-0.1, -0.05) is 61.4 Å². The van der Waals surface area contributed by atoms with Crippen molar-refractivity contribution in [2.24, 2.45) is 0 Å². The van der Waals surface area contributed by atoms with Crippen LogP contribution in [0.15, 0.2) is 67.0 Å². The lowest BCUT2D eigenvalue weighted by molar-refractivity contribution is -0.0893. The van der Waals surface area contributed by atoms with Crippen LogP contribution in [0.2, 0.25) is 0 Å². The number of nitrogens with zero attached hydrogens (tertiary/aromatic N) is 4. The average Bonchev–Trinajstić information content (AvgIpc) is 3.49. The summed E-state index contributed by atoms with van der Waals surface area (Å²) < 4.78 is 18.5. The molecule has 2 aliphatic rings. The van der Waals surface area contributed by atoms with E-state index in [1.165, 1.54) is 0 Å². The first kappa shape index (κ1) is 34.9. The molecule has 48 heavy (non-hydrogen) atoms. The van der Waals surface area contributed by atoms with Crippen molar-refractivity contribution in [2.75, 3.05) is 45.3 Å². The predicted octanol–water partition coefficient (Wildman–Crippen LogP) is 5.74. The van der Waals surface area contributed by atoms with Gasteiger partial charge >= 0.3 is 12.2 Å². The molecule has 1 aromatic heterocycles. The lowest BCUT2D eigenvalue weighted by Gasteiger charge is -2.42. The number of carbonyl (C=O) groups is 3. The number of amides is 3. The number of ether oxygens (including phenoxy) is 3. The summed E-state index contributed by atoms with van der Waals surface area (Å²) in [4.78, 5) is 48.1. The van der Waals surface area contributed by atoms with Gasteiger partial charge in [0.1, 0.15) is 11.2 Å². The number of piperazine rings is 1. The van der Waals surface area contributed by atoms with Gasteiger partial charge in [0.2, 0.25) is 0 Å². The van der Waals surface area contributed by atoms with Crippen LogP contribution >= 0.6 is 0 Å². The van der Waals surface area contributed by atoms with Gasteiger partial charge in [-0.2, -0.15) is 0 Å². The van der Waals surface area contributed by atoms with Crippen LogP contribution in [-0.4, -0.2) is 99.8 Å². The highest BCUT2D eigenvalue weighted by atomic mass is 16.6. The Bertz CT molecular complexity index is 1540. The van der Waals surface area contributed by atoms with E-state index in [1.807, 2.05) is 73.9 Å². The highest BCUT2D eigenvalue weighted by Crippen LogP contribution is 2.41. The molecular formula is C36H47N5O7. The van der Waals surface area contributed by atoms with Crippen LogP contribution in [0.4, 0.5) is 15.3 Å². The number of carbonyl (C=O) groups excluding carboxylic acids is 3. The smallest absolute Gasteiger partial charge is 0.411 e. The van der Waals surface area contributed by atoms with Gasteiger partial charge in [-0.3, -0.25) is 10.1 Å². The van der Waals surface area contributed by atoms with Crippen molar-refractivity contribution in [2.45, 2.75) is 76.2 Å². The van der Waals surface area contributed by atoms with Crippen LogP contribution in [0.3, 0.4) is 0 Å². The molecule has 2 aromatic carbocycles. The first-order valence-electron chi connectivity index (χ1n) is 16.6. The number of hydrogen-bond acceptors (Lipinski definition) is 8. The van der Waals surface area contributed by atoms with E-state index in [4.69, 9.17) is 14.2 Å². The van der Waals surface area contributed by atoms with E-state index in [1.54, 1.807) is 35.4 Å². The zero-order valence-electron chi connectivity index (χ0n) is 28.3. The van der Waals surface area contributed by atoms with Crippen molar-refractivity contribution < 1.29 is 33.7 Å². The minimum atomic E-state index is -1.11. The normalized spacial score (nSPS) is 21.4. The maximum atomic E-state index is 14.5. The van der Waals surface area contributed by atoms with Gasteiger partial charge < -0.3 is 33.7 Å². The Hall–Kier alpha value is -4.42. The third-order valence-electron chi connectivity index (χ3n) is 8.83. The lowest BCUT2D eigenvalue weighted by Crippen LogP contribution is -2.57. The van der Waals surface area contributed by atoms with E-state index in [0.29, 0.717) is 24.2 Å². The van der Waals surface area contributed by atoms with Gasteiger partial charge in [0, 0.05) is 44.4 Å². The third kappa shape index (κ3) is 8.35. The summed E-state index contributed by atoms with van der Waals surface area (Å²) >= 11 is 0. The minimum absolute atomic E-state index is 0.0153. The Morgan fingerprint density at radius 1 is 1.02 bits per heavy atom. The molecule has 12 nitrogen and oxygen atoms in total. The first-order chi connectivity index (χ1) is 23.0. The quantitative estimate of drug-likeness (QED) is 0.296. The fourth-order valence-electron chi connectivity index (χ4n) is 6.62. The van der Waals surface area contributed by atoms with Gasteiger partial charge in [0.05, 0.1) is 37.3 Å². The summed E-state index contributed by atoms with van der Waals surface area (Å²) in [5.74, 6) is -0.304. The molecule has 1 aliphatic heterocycles. The standard InChI is InChI=1S/C36H47N5O7/c1-35(2,3)48-34(44)39-20-21-40(28(23-39)18-22-47-33(43)38-27-15-9-6-10-16-27)32(42)30-31(26-13-7-5-8-14-26)41(25-37-30)29-17-11-12-19-36(29,45)24-46-4/h5-10,13-16,25,28-29,45H,11-12,17-24H2,1-4H3,(H,38,43)/t28-,29-,36-/m1/s1. The summed E-state index contributed by atoms with van der Waals surface area (Å²) in [5.41, 5.74) is 0.482. The summed E-state index contributed by atoms with van der Waals surface area (Å²) in [7, 11) is 1.58. The monoisotopic (exact) mass is 661 g/mol. The summed E-state index contributed by atoms with van der Waals surface area (Å²) in [6.07, 6.45) is 3.95. The van der Waals surface area contributed by atoms with Crippen molar-refractivity contribution in [3.05, 3.63) is 72.7 Å². The second-order valence-electron chi connectivity index (χ2n) is 13.5. The highest BCUT2D eigenvalue weighted by Gasteiger charge is 2.43. The number of methoxy groups -OCH3 is 1. The first-order valence-corrected chi connectivity index (χ1v) is 16.6. The second-order valence-corrected chi connectivity index (χ2v) is 13.5. The molecule has 3 amide bonds. The molecule has 5 rings (SSSR count). The number of aliphatic hydroxyl groups is 1. The Morgan fingerprint density at radius 3 is 2.42 bits per heavy atom. The molecule has 12 heteroatoms. The van der Waals surface area contributed by atoms with Gasteiger partial charge in [-0.15, -0.1) is 0 Å². The van der Waals surface area contributed by atoms with E-state index in [9.17, 15) is 19.5 Å². The fraction of sp³-hybridized carbons (Fsp3) is 0.500. The third-order valence-corrected chi connectivity index (χ3v) is 8.83. The molecule has 3 atom stereocenters. The number of aromatic nitrogens is 2. The lowest BCUT2D eigenvalue weighted by atomic mass is 9.80. The SMILES string of the molecule is COC[C@]1(O)CCCC[C@H]1n1cnc(C(=O)N2CCN(C(=O)OC(C)(C)C)C[C@H]2CCOC(=O)Nc2ccccc2)c1-c1ccccc1. The molecule has 2 fully saturated rings. The number of imidazole rings is 1. The van der Waals surface area contributed by atoms with Crippen molar-refractivity contribution in [1.29, 1.82) is 0 Å². The molecule has 3 aromatic rings. The maximum absolute atomic E-state index is 14.5. The van der Waals surface area contributed by atoms with Crippen molar-refractivity contribution in [3.8, 4) is 11.3 Å². The van der Waals surface area contributed by atoms with E-state index < -0.39 is 29.4 Å². The van der Waals surface area contributed by atoms with Crippen molar-refractivity contribution in [1.82, 2.24) is 19.4 Å². The maximum Gasteiger partial charge on any atom is 0.411 e. The molecule has 2 N–H and O–H groups in total. The molecule has 0 bridgehead atoms. The molecule has 1 saturated heterocycles. The van der Waals surface area contributed by atoms with Crippen LogP contribution in [0.25, 0.3) is 11.3 Å². The van der Waals surface area contributed by atoms with Crippen LogP contribution in [0.1, 0.15) is 69.4 Å². The molecule has 2 heterocycles. The van der Waals surface area contributed by atoms with E-state index in [2.05, 4.69) is 10.3 Å². The number of nitrogens with one attached hydrogen (secondary N) is 1. The second kappa shape index (κ2) is 15.2. The number of para-hydroxylation sites is 1.